The molecule has 0 saturated heterocycles. The van der Waals surface area contributed by atoms with Crippen LogP contribution in [-0.4, -0.2) is 81.5 Å². The Balaban J connectivity index is 1.36. The molecule has 1 heterocycles. The molecule has 294 valence electrons. The third-order valence-corrected chi connectivity index (χ3v) is 9.99. The smallest absolute Gasteiger partial charge is 0.328 e. The quantitative estimate of drug-likeness (QED) is 0.162. The SMILES string of the molecule is CCCCc1ccc(-c2ccc(C(=O)NCCC(=O)N(C)[C@@H]3C(=O)N[C@@H](C)C(=O)N[C@H](C(=O)OC)Cc4ccc(OC)c(c4)-c4cc3ccc4OC)cc2)cc1. The highest BCUT2D eigenvalue weighted by molar-refractivity contribution is 5.96. The lowest BCUT2D eigenvalue weighted by Crippen LogP contribution is -2.53. The van der Waals surface area contributed by atoms with E-state index in [1.165, 1.54) is 45.8 Å². The highest BCUT2D eigenvalue weighted by Crippen LogP contribution is 2.39. The van der Waals surface area contributed by atoms with Crippen LogP contribution in [0.15, 0.2) is 84.9 Å². The number of esters is 1. The molecule has 0 aromatic heterocycles. The standard InChI is InChI=1S/C44H50N4O8/c1-7-8-9-28-10-13-30(14-11-28)31-15-17-32(18-16-31)42(51)45-23-22-39(49)48(3)40-33-19-21-38(55-5)35(26-33)34-24-29(12-20-37(34)54-4)25-36(44(53)56-6)47-41(50)27(2)46-43(40)52/h10-21,24,26-27,36,40H,7-9,22-23,25H2,1-6H3,(H,45,51)(H,46,52)(H,47,50)/t27-,36-,40-/m0/s1. The summed E-state index contributed by atoms with van der Waals surface area (Å²) in [6, 6.07) is 22.9. The van der Waals surface area contributed by atoms with Gasteiger partial charge < -0.3 is 35.1 Å². The van der Waals surface area contributed by atoms with Crippen LogP contribution in [0.25, 0.3) is 22.3 Å². The van der Waals surface area contributed by atoms with Gasteiger partial charge in [0.05, 0.1) is 21.3 Å². The number of unbranched alkanes of at least 4 members (excludes halogenated alkanes) is 1. The van der Waals surface area contributed by atoms with E-state index in [-0.39, 0.29) is 25.3 Å². The molecule has 0 unspecified atom stereocenters. The van der Waals surface area contributed by atoms with Crippen LogP contribution in [0.1, 0.15) is 66.2 Å². The molecule has 3 N–H and O–H groups in total. The fourth-order valence-corrected chi connectivity index (χ4v) is 6.74. The highest BCUT2D eigenvalue weighted by Gasteiger charge is 2.33. The highest BCUT2D eigenvalue weighted by atomic mass is 16.5. The maximum Gasteiger partial charge on any atom is 0.328 e. The normalized spacial score (nSPS) is 16.7. The number of rotatable bonds is 12. The minimum Gasteiger partial charge on any atom is -0.496 e. The molecule has 0 aliphatic carbocycles. The molecule has 12 heteroatoms. The maximum absolute atomic E-state index is 14.1. The Hall–Kier alpha value is -6.17. The van der Waals surface area contributed by atoms with Gasteiger partial charge in [0.1, 0.15) is 29.6 Å². The van der Waals surface area contributed by atoms with E-state index in [1.807, 2.05) is 18.2 Å². The van der Waals surface area contributed by atoms with Gasteiger partial charge in [-0.1, -0.05) is 61.9 Å². The molecule has 0 fully saturated rings. The summed E-state index contributed by atoms with van der Waals surface area (Å²) in [6.45, 7) is 3.68. The number of nitrogens with one attached hydrogen (secondary N) is 3. The molecule has 4 aromatic carbocycles. The van der Waals surface area contributed by atoms with Gasteiger partial charge in [-0.05, 0) is 84.0 Å². The number of amides is 4. The molecule has 3 atom stereocenters. The maximum atomic E-state index is 14.1. The third kappa shape index (κ3) is 9.73. The lowest BCUT2D eigenvalue weighted by atomic mass is 9.93. The molecular formula is C44H50N4O8. The van der Waals surface area contributed by atoms with Crippen LogP contribution >= 0.6 is 0 Å². The van der Waals surface area contributed by atoms with Crippen LogP contribution in [0.3, 0.4) is 0 Å². The predicted octanol–water partition coefficient (Wildman–Crippen LogP) is 5.42. The van der Waals surface area contributed by atoms with Crippen LogP contribution in [-0.2, 0) is 36.8 Å². The number of fused-ring (bicyclic) bond motifs is 5. The lowest BCUT2D eigenvalue weighted by molar-refractivity contribution is -0.145. The molecule has 4 bridgehead atoms. The Morgan fingerprint density at radius 2 is 1.43 bits per heavy atom. The Morgan fingerprint density at radius 1 is 0.804 bits per heavy atom. The molecule has 1 aliphatic heterocycles. The van der Waals surface area contributed by atoms with E-state index in [4.69, 9.17) is 14.2 Å². The Kier molecular flexibility index (Phi) is 13.9. The van der Waals surface area contributed by atoms with E-state index >= 15 is 0 Å². The van der Waals surface area contributed by atoms with Gasteiger partial charge in [-0.15, -0.1) is 0 Å². The number of carbonyl (C=O) groups excluding carboxylic acids is 5. The number of hydrogen-bond acceptors (Lipinski definition) is 8. The van der Waals surface area contributed by atoms with E-state index < -0.39 is 41.8 Å². The number of ether oxygens (including phenoxy) is 3. The summed E-state index contributed by atoms with van der Waals surface area (Å²) in [6.07, 6.45) is 3.34. The van der Waals surface area contributed by atoms with Gasteiger partial charge >= 0.3 is 5.97 Å². The van der Waals surface area contributed by atoms with Gasteiger partial charge in [-0.3, -0.25) is 19.2 Å². The van der Waals surface area contributed by atoms with Crippen LogP contribution in [0.5, 0.6) is 11.5 Å². The molecule has 56 heavy (non-hydrogen) atoms. The fraction of sp³-hybridized carbons (Fsp3) is 0.341. The van der Waals surface area contributed by atoms with Gasteiger partial charge in [0.25, 0.3) is 5.91 Å². The van der Waals surface area contributed by atoms with Crippen molar-refractivity contribution < 1.29 is 38.2 Å². The number of hydrogen-bond donors (Lipinski definition) is 3. The van der Waals surface area contributed by atoms with Gasteiger partial charge in [0, 0.05) is 43.1 Å². The Morgan fingerprint density at radius 3 is 2.05 bits per heavy atom. The topological polar surface area (TPSA) is 152 Å². The average Bonchev–Trinajstić information content (AvgIpc) is 3.22. The third-order valence-electron chi connectivity index (χ3n) is 9.99. The molecular weight excluding hydrogens is 713 g/mol. The number of likely N-dealkylation sites (N-methyl/N-ethyl adjacent to an activating group) is 1. The van der Waals surface area contributed by atoms with Crippen molar-refractivity contribution >= 4 is 29.6 Å². The fourth-order valence-electron chi connectivity index (χ4n) is 6.74. The average molecular weight is 763 g/mol. The van der Waals surface area contributed by atoms with Crippen molar-refractivity contribution in [3.05, 3.63) is 107 Å². The molecule has 4 amide bonds. The summed E-state index contributed by atoms with van der Waals surface area (Å²) < 4.78 is 16.4. The zero-order valence-corrected chi connectivity index (χ0v) is 32.8. The zero-order valence-electron chi connectivity index (χ0n) is 32.8. The van der Waals surface area contributed by atoms with Crippen molar-refractivity contribution in [1.29, 1.82) is 0 Å². The zero-order chi connectivity index (χ0) is 40.4. The first-order valence-corrected chi connectivity index (χ1v) is 18.7. The van der Waals surface area contributed by atoms with Gasteiger partial charge in [-0.2, -0.15) is 0 Å². The molecule has 0 spiro atoms. The van der Waals surface area contributed by atoms with Gasteiger partial charge in [0.15, 0.2) is 0 Å². The van der Waals surface area contributed by atoms with Crippen molar-refractivity contribution in [2.45, 2.75) is 64.1 Å². The Labute approximate surface area is 327 Å². The summed E-state index contributed by atoms with van der Waals surface area (Å²) >= 11 is 0. The molecule has 0 radical (unpaired) electrons. The van der Waals surface area contributed by atoms with E-state index in [0.717, 1.165) is 30.4 Å². The largest absolute Gasteiger partial charge is 0.496 e. The number of benzene rings is 4. The number of aryl methyl sites for hydroxylation is 1. The molecule has 5 rings (SSSR count). The van der Waals surface area contributed by atoms with Crippen molar-refractivity contribution in [2.75, 3.05) is 34.9 Å². The molecule has 4 aromatic rings. The van der Waals surface area contributed by atoms with Gasteiger partial charge in [-0.25, -0.2) is 4.79 Å². The van der Waals surface area contributed by atoms with E-state index in [1.54, 1.807) is 42.5 Å². The molecule has 12 nitrogen and oxygen atoms in total. The first-order valence-electron chi connectivity index (χ1n) is 18.7. The summed E-state index contributed by atoms with van der Waals surface area (Å²) in [7, 11) is 5.77. The van der Waals surface area contributed by atoms with Crippen molar-refractivity contribution in [3.8, 4) is 33.8 Å². The van der Waals surface area contributed by atoms with Crippen LogP contribution < -0.4 is 25.4 Å². The van der Waals surface area contributed by atoms with Crippen LogP contribution in [0.2, 0.25) is 0 Å². The number of carbonyl (C=O) groups is 5. The van der Waals surface area contributed by atoms with E-state index in [9.17, 15) is 24.0 Å². The minimum absolute atomic E-state index is 0.0168. The summed E-state index contributed by atoms with van der Waals surface area (Å²) in [4.78, 5) is 68.3. The summed E-state index contributed by atoms with van der Waals surface area (Å²) in [5.41, 5.74) is 6.12. The summed E-state index contributed by atoms with van der Waals surface area (Å²) in [5.74, 6) is -1.69. The van der Waals surface area contributed by atoms with Crippen molar-refractivity contribution in [3.63, 3.8) is 0 Å². The monoisotopic (exact) mass is 762 g/mol. The number of methoxy groups -OCH3 is 3. The first-order chi connectivity index (χ1) is 27.0. The minimum atomic E-state index is -1.19. The van der Waals surface area contributed by atoms with Crippen LogP contribution in [0, 0.1) is 0 Å². The van der Waals surface area contributed by atoms with E-state index in [0.29, 0.717) is 39.3 Å². The van der Waals surface area contributed by atoms with Crippen molar-refractivity contribution in [2.24, 2.45) is 0 Å². The van der Waals surface area contributed by atoms with Gasteiger partial charge in [0.2, 0.25) is 17.7 Å². The molecule has 0 saturated carbocycles. The molecule has 1 aliphatic rings. The van der Waals surface area contributed by atoms with Crippen LogP contribution in [0.4, 0.5) is 0 Å². The number of nitrogens with zero attached hydrogens (tertiary/aromatic N) is 1. The Bertz CT molecular complexity index is 2050. The second kappa shape index (κ2) is 18.9. The second-order valence-electron chi connectivity index (χ2n) is 13.8. The van der Waals surface area contributed by atoms with E-state index in [2.05, 4.69) is 47.1 Å². The first kappa shape index (κ1) is 41.0. The lowest BCUT2D eigenvalue weighted by Gasteiger charge is -2.30. The predicted molar refractivity (Wildman–Crippen MR) is 213 cm³/mol. The second-order valence-corrected chi connectivity index (χ2v) is 13.8. The van der Waals surface area contributed by atoms with Crippen molar-refractivity contribution in [1.82, 2.24) is 20.9 Å². The summed E-state index contributed by atoms with van der Waals surface area (Å²) in [5, 5.41) is 8.22.